The largest absolute Gasteiger partial charge is 0.308 e. The van der Waals surface area contributed by atoms with Crippen LogP contribution < -0.4 is 5.32 Å². The molecule has 2 aromatic rings. The van der Waals surface area contributed by atoms with Crippen molar-refractivity contribution < 1.29 is 0 Å². The molecule has 0 saturated carbocycles. The lowest BCUT2D eigenvalue weighted by Crippen LogP contribution is -2.21. The fraction of sp³-hybridized carbons (Fsp3) is 0.429. The molecule has 2 heterocycles. The third kappa shape index (κ3) is 2.99. The summed E-state index contributed by atoms with van der Waals surface area (Å²) >= 11 is 3.65. The minimum atomic E-state index is 0.447. The summed E-state index contributed by atoms with van der Waals surface area (Å²) in [4.78, 5) is 1.39. The molecule has 1 atom stereocenters. The van der Waals surface area contributed by atoms with E-state index in [1.54, 1.807) is 11.3 Å². The summed E-state index contributed by atoms with van der Waals surface area (Å²) in [6, 6.07) is 9.11. The average molecular weight is 291 g/mol. The van der Waals surface area contributed by atoms with Gasteiger partial charge in [0.1, 0.15) is 10.0 Å². The maximum Gasteiger partial charge on any atom is 0.131 e. The van der Waals surface area contributed by atoms with E-state index in [0.717, 1.165) is 23.0 Å². The van der Waals surface area contributed by atoms with E-state index in [1.165, 1.54) is 10.5 Å². The van der Waals surface area contributed by atoms with Crippen molar-refractivity contribution in [3.8, 4) is 0 Å². The fourth-order valence-electron chi connectivity index (χ4n) is 2.08. The lowest BCUT2D eigenvalue weighted by molar-refractivity contribution is 0.584. The molecule has 0 bridgehead atoms. The van der Waals surface area contributed by atoms with Gasteiger partial charge in [-0.2, -0.15) is 0 Å². The molecule has 3 nitrogen and oxygen atoms in total. The summed E-state index contributed by atoms with van der Waals surface area (Å²) in [7, 11) is 0. The Kier molecular flexibility index (Phi) is 3.86. The molecule has 0 saturated heterocycles. The van der Waals surface area contributed by atoms with Crippen LogP contribution in [0.15, 0.2) is 29.2 Å². The van der Waals surface area contributed by atoms with Crippen LogP contribution in [0.3, 0.4) is 0 Å². The number of benzene rings is 1. The summed E-state index contributed by atoms with van der Waals surface area (Å²) in [6.07, 6.45) is 1.08. The molecule has 19 heavy (non-hydrogen) atoms. The SMILES string of the molecule is CC(C)NCc1nnc(C2Cc3ccccc3S2)s1. The van der Waals surface area contributed by atoms with Crippen LogP contribution in [0.2, 0.25) is 0 Å². The molecule has 100 valence electrons. The Morgan fingerprint density at radius 1 is 1.32 bits per heavy atom. The summed E-state index contributed by atoms with van der Waals surface area (Å²) in [5, 5.41) is 14.7. The molecule has 0 fully saturated rings. The lowest BCUT2D eigenvalue weighted by atomic mass is 10.1. The molecule has 0 amide bonds. The molecule has 0 aliphatic carbocycles. The molecule has 1 aromatic heterocycles. The van der Waals surface area contributed by atoms with Gasteiger partial charge in [-0.05, 0) is 18.1 Å². The molecule has 1 unspecified atom stereocenters. The Labute approximate surface area is 121 Å². The summed E-state index contributed by atoms with van der Waals surface area (Å²) in [5.41, 5.74) is 1.44. The van der Waals surface area contributed by atoms with Crippen molar-refractivity contribution in [3.63, 3.8) is 0 Å². The van der Waals surface area contributed by atoms with Crippen molar-refractivity contribution in [2.24, 2.45) is 0 Å². The van der Waals surface area contributed by atoms with Crippen LogP contribution in [-0.4, -0.2) is 16.2 Å². The highest BCUT2D eigenvalue weighted by Crippen LogP contribution is 2.46. The van der Waals surface area contributed by atoms with E-state index >= 15 is 0 Å². The minimum absolute atomic E-state index is 0.447. The predicted octanol–water partition coefficient (Wildman–Crippen LogP) is 3.43. The third-order valence-corrected chi connectivity index (χ3v) is 5.58. The quantitative estimate of drug-likeness (QED) is 0.936. The molecule has 0 radical (unpaired) electrons. The van der Waals surface area contributed by atoms with E-state index in [1.807, 2.05) is 11.8 Å². The first-order valence-electron chi connectivity index (χ1n) is 6.52. The second kappa shape index (κ2) is 5.61. The zero-order valence-corrected chi connectivity index (χ0v) is 12.7. The summed E-state index contributed by atoms with van der Waals surface area (Å²) in [6.45, 7) is 5.11. The third-order valence-electron chi connectivity index (χ3n) is 3.07. The number of fused-ring (bicyclic) bond motifs is 1. The molecule has 0 spiro atoms. The van der Waals surface area contributed by atoms with Gasteiger partial charge in [0.25, 0.3) is 0 Å². The zero-order valence-electron chi connectivity index (χ0n) is 11.1. The van der Waals surface area contributed by atoms with E-state index in [0.29, 0.717) is 11.3 Å². The fourth-order valence-corrected chi connectivity index (χ4v) is 4.32. The molecule has 1 N–H and O–H groups in total. The number of hydrogen-bond donors (Lipinski definition) is 1. The first-order chi connectivity index (χ1) is 9.22. The van der Waals surface area contributed by atoms with Crippen LogP contribution in [0.25, 0.3) is 0 Å². The van der Waals surface area contributed by atoms with Crippen molar-refractivity contribution in [2.75, 3.05) is 0 Å². The van der Waals surface area contributed by atoms with Crippen LogP contribution in [0.1, 0.15) is 34.7 Å². The molecule has 5 heteroatoms. The van der Waals surface area contributed by atoms with Gasteiger partial charge in [-0.1, -0.05) is 43.4 Å². The summed E-state index contributed by atoms with van der Waals surface area (Å²) < 4.78 is 0. The molecule has 3 rings (SSSR count). The Morgan fingerprint density at radius 3 is 2.95 bits per heavy atom. The topological polar surface area (TPSA) is 37.8 Å². The van der Waals surface area contributed by atoms with Crippen LogP contribution in [-0.2, 0) is 13.0 Å². The number of nitrogens with zero attached hydrogens (tertiary/aromatic N) is 2. The average Bonchev–Trinajstić information content (AvgIpc) is 3.02. The van der Waals surface area contributed by atoms with E-state index in [9.17, 15) is 0 Å². The molecule has 1 aliphatic heterocycles. The molecular weight excluding hydrogens is 274 g/mol. The van der Waals surface area contributed by atoms with Gasteiger partial charge in [0.15, 0.2) is 0 Å². The Bertz CT molecular complexity index is 540. The number of nitrogens with one attached hydrogen (secondary N) is 1. The first-order valence-corrected chi connectivity index (χ1v) is 8.22. The number of rotatable bonds is 4. The van der Waals surface area contributed by atoms with Crippen LogP contribution in [0.4, 0.5) is 0 Å². The highest BCUT2D eigenvalue weighted by atomic mass is 32.2. The van der Waals surface area contributed by atoms with Crippen molar-refractivity contribution >= 4 is 23.1 Å². The van der Waals surface area contributed by atoms with Gasteiger partial charge >= 0.3 is 0 Å². The number of aromatic nitrogens is 2. The van der Waals surface area contributed by atoms with E-state index in [2.05, 4.69) is 53.6 Å². The standard InChI is InChI=1S/C14H17N3S2/c1-9(2)15-8-13-16-17-14(19-13)12-7-10-5-3-4-6-11(10)18-12/h3-6,9,12,15H,7-8H2,1-2H3. The van der Waals surface area contributed by atoms with Gasteiger partial charge < -0.3 is 5.32 Å². The van der Waals surface area contributed by atoms with Gasteiger partial charge in [0.05, 0.1) is 5.25 Å². The van der Waals surface area contributed by atoms with Crippen molar-refractivity contribution in [3.05, 3.63) is 39.8 Å². The molecule has 1 aliphatic rings. The summed E-state index contributed by atoms with van der Waals surface area (Å²) in [5.74, 6) is 0. The highest BCUT2D eigenvalue weighted by molar-refractivity contribution is 8.00. The van der Waals surface area contributed by atoms with Gasteiger partial charge in [0.2, 0.25) is 0 Å². The van der Waals surface area contributed by atoms with Crippen LogP contribution in [0, 0.1) is 0 Å². The van der Waals surface area contributed by atoms with Gasteiger partial charge in [-0.15, -0.1) is 22.0 Å². The van der Waals surface area contributed by atoms with Gasteiger partial charge in [-0.25, -0.2) is 0 Å². The van der Waals surface area contributed by atoms with Crippen molar-refractivity contribution in [2.45, 2.75) is 43.0 Å². The second-order valence-corrected chi connectivity index (χ2v) is 7.33. The normalized spacial score (nSPS) is 17.9. The monoisotopic (exact) mass is 291 g/mol. The van der Waals surface area contributed by atoms with Crippen LogP contribution in [0.5, 0.6) is 0 Å². The van der Waals surface area contributed by atoms with E-state index in [4.69, 9.17) is 0 Å². The Morgan fingerprint density at radius 2 is 2.16 bits per heavy atom. The van der Waals surface area contributed by atoms with Gasteiger partial charge in [-0.3, -0.25) is 0 Å². The van der Waals surface area contributed by atoms with Gasteiger partial charge in [0, 0.05) is 17.5 Å². The Hall–Kier alpha value is -0.910. The minimum Gasteiger partial charge on any atom is -0.308 e. The predicted molar refractivity (Wildman–Crippen MR) is 80.6 cm³/mol. The highest BCUT2D eigenvalue weighted by Gasteiger charge is 2.26. The Balaban J connectivity index is 1.68. The van der Waals surface area contributed by atoms with E-state index < -0.39 is 0 Å². The van der Waals surface area contributed by atoms with Crippen molar-refractivity contribution in [1.29, 1.82) is 0 Å². The smallest absolute Gasteiger partial charge is 0.131 e. The zero-order chi connectivity index (χ0) is 13.2. The maximum atomic E-state index is 4.37. The lowest BCUT2D eigenvalue weighted by Gasteiger charge is -2.04. The first kappa shape index (κ1) is 13.1. The van der Waals surface area contributed by atoms with Crippen LogP contribution >= 0.6 is 23.1 Å². The van der Waals surface area contributed by atoms with E-state index in [-0.39, 0.29) is 0 Å². The second-order valence-electron chi connectivity index (χ2n) is 4.99. The molecule has 1 aromatic carbocycles. The van der Waals surface area contributed by atoms with Crippen molar-refractivity contribution in [1.82, 2.24) is 15.5 Å². The maximum absolute atomic E-state index is 4.37. The number of hydrogen-bond acceptors (Lipinski definition) is 5. The molecular formula is C14H17N3S2. The number of thioether (sulfide) groups is 1.